The minimum atomic E-state index is -0.658. The summed E-state index contributed by atoms with van der Waals surface area (Å²) in [6.45, 7) is 0.595. The van der Waals surface area contributed by atoms with Gasteiger partial charge in [0.15, 0.2) is 5.76 Å². The number of ether oxygens (including phenoxy) is 2. The monoisotopic (exact) mass is 429 g/mol. The summed E-state index contributed by atoms with van der Waals surface area (Å²) in [5, 5.41) is 24.4. The zero-order valence-electron chi connectivity index (χ0n) is 16.7. The van der Waals surface area contributed by atoms with E-state index in [0.717, 1.165) is 22.4 Å². The van der Waals surface area contributed by atoms with E-state index in [4.69, 9.17) is 14.6 Å². The molecule has 2 heterocycles. The lowest BCUT2D eigenvalue weighted by atomic mass is 9.99. The zero-order chi connectivity index (χ0) is 20.9. The molecule has 1 aromatic carbocycles. The van der Waals surface area contributed by atoms with E-state index in [1.54, 1.807) is 11.3 Å². The summed E-state index contributed by atoms with van der Waals surface area (Å²) in [6.07, 6.45) is 3.22. The van der Waals surface area contributed by atoms with Crippen LogP contribution >= 0.6 is 11.3 Å². The van der Waals surface area contributed by atoms with E-state index in [1.807, 2.05) is 47.9 Å². The number of hydrogen-bond acceptors (Lipinski definition) is 6. The summed E-state index contributed by atoms with van der Waals surface area (Å²) in [5.41, 5.74) is 2.00. The molecule has 1 amide bonds. The SMILES string of the molecule is O=C(N[C@H]1c2ccccc2C[C@H]1O)C1=C[C@H](c2cccs2)C[C@H](OCCCCO)O1. The Morgan fingerprint density at radius 3 is 2.90 bits per heavy atom. The lowest BCUT2D eigenvalue weighted by Gasteiger charge is -2.29. The number of allylic oxidation sites excluding steroid dienone is 1. The van der Waals surface area contributed by atoms with Gasteiger partial charge in [-0.05, 0) is 41.5 Å². The van der Waals surface area contributed by atoms with Crippen molar-refractivity contribution in [2.75, 3.05) is 13.2 Å². The van der Waals surface area contributed by atoms with Crippen LogP contribution in [0.4, 0.5) is 0 Å². The molecule has 4 atom stereocenters. The van der Waals surface area contributed by atoms with Crippen molar-refractivity contribution in [1.82, 2.24) is 5.32 Å². The Balaban J connectivity index is 1.48. The number of benzene rings is 1. The number of unbranched alkanes of at least 4 members (excludes halogenated alkanes) is 1. The number of aliphatic hydroxyl groups excluding tert-OH is 2. The molecule has 0 saturated carbocycles. The van der Waals surface area contributed by atoms with Gasteiger partial charge in [0, 0.05) is 30.2 Å². The van der Waals surface area contributed by atoms with Crippen LogP contribution in [0.15, 0.2) is 53.6 Å². The standard InChI is InChI=1S/C23H27NO5S/c25-9-3-4-10-28-21-14-16(20-8-5-11-30-20)13-19(29-21)23(27)24-22-17-7-2-1-6-15(17)12-18(22)26/h1-2,5-8,11,13,16,18,21-22,25-26H,3-4,9-10,12,14H2,(H,24,27)/t16-,18+,21+,22-/m0/s1. The van der Waals surface area contributed by atoms with Crippen molar-refractivity contribution in [2.45, 2.75) is 50.0 Å². The molecule has 3 N–H and O–H groups in total. The topological polar surface area (TPSA) is 88.0 Å². The van der Waals surface area contributed by atoms with Gasteiger partial charge >= 0.3 is 0 Å². The van der Waals surface area contributed by atoms with Gasteiger partial charge in [-0.25, -0.2) is 0 Å². The first-order valence-electron chi connectivity index (χ1n) is 10.4. The number of carbonyl (C=O) groups is 1. The molecule has 7 heteroatoms. The molecule has 1 aromatic heterocycles. The van der Waals surface area contributed by atoms with Gasteiger partial charge in [0.05, 0.1) is 18.8 Å². The number of fused-ring (bicyclic) bond motifs is 1. The molecule has 4 rings (SSSR count). The Hall–Kier alpha value is -2.19. The Morgan fingerprint density at radius 1 is 1.23 bits per heavy atom. The lowest BCUT2D eigenvalue weighted by Crippen LogP contribution is -2.37. The summed E-state index contributed by atoms with van der Waals surface area (Å²) < 4.78 is 11.7. The molecule has 160 valence electrons. The molecule has 0 saturated heterocycles. The molecule has 2 aliphatic rings. The van der Waals surface area contributed by atoms with Gasteiger partial charge in [-0.15, -0.1) is 11.3 Å². The molecule has 30 heavy (non-hydrogen) atoms. The molecule has 6 nitrogen and oxygen atoms in total. The molecular formula is C23H27NO5S. The number of carbonyl (C=O) groups excluding carboxylic acids is 1. The third kappa shape index (κ3) is 4.75. The molecule has 0 unspecified atom stereocenters. The van der Waals surface area contributed by atoms with Gasteiger partial charge < -0.3 is 25.0 Å². The number of amides is 1. The van der Waals surface area contributed by atoms with Crippen LogP contribution in [-0.2, 0) is 20.7 Å². The summed E-state index contributed by atoms with van der Waals surface area (Å²) in [4.78, 5) is 14.2. The molecule has 0 bridgehead atoms. The highest BCUT2D eigenvalue weighted by molar-refractivity contribution is 7.10. The fourth-order valence-corrected chi connectivity index (χ4v) is 4.82. The van der Waals surface area contributed by atoms with Crippen LogP contribution in [0, 0.1) is 0 Å². The second-order valence-electron chi connectivity index (χ2n) is 7.66. The third-order valence-corrected chi connectivity index (χ3v) is 6.54. The zero-order valence-corrected chi connectivity index (χ0v) is 17.5. The van der Waals surface area contributed by atoms with Gasteiger partial charge in [-0.2, -0.15) is 0 Å². The average Bonchev–Trinajstić information content (AvgIpc) is 3.40. The van der Waals surface area contributed by atoms with Gasteiger partial charge in [-0.3, -0.25) is 4.79 Å². The summed E-state index contributed by atoms with van der Waals surface area (Å²) in [5.74, 6) is -0.0903. The number of thiophene rings is 1. The van der Waals surface area contributed by atoms with Gasteiger partial charge in [-0.1, -0.05) is 30.3 Å². The fourth-order valence-electron chi connectivity index (χ4n) is 4.01. The molecule has 0 spiro atoms. The highest BCUT2D eigenvalue weighted by Gasteiger charge is 2.35. The maximum Gasteiger partial charge on any atom is 0.286 e. The highest BCUT2D eigenvalue weighted by Crippen LogP contribution is 2.35. The van der Waals surface area contributed by atoms with E-state index in [-0.39, 0.29) is 24.2 Å². The minimum Gasteiger partial charge on any atom is -0.459 e. The maximum absolute atomic E-state index is 13.0. The number of rotatable bonds is 8. The van der Waals surface area contributed by atoms with Crippen molar-refractivity contribution in [3.05, 3.63) is 69.6 Å². The first-order valence-corrected chi connectivity index (χ1v) is 11.2. The van der Waals surface area contributed by atoms with Crippen molar-refractivity contribution >= 4 is 17.2 Å². The van der Waals surface area contributed by atoms with E-state index in [2.05, 4.69) is 5.32 Å². The Kier molecular flexibility index (Phi) is 6.84. The fraction of sp³-hybridized carbons (Fsp3) is 0.435. The first-order chi connectivity index (χ1) is 14.7. The van der Waals surface area contributed by atoms with Crippen LogP contribution in [0.5, 0.6) is 0 Å². The highest BCUT2D eigenvalue weighted by atomic mass is 32.1. The van der Waals surface area contributed by atoms with Gasteiger partial charge in [0.25, 0.3) is 5.91 Å². The Labute approximate surface area is 180 Å². The minimum absolute atomic E-state index is 0.0307. The van der Waals surface area contributed by atoms with Gasteiger partial charge in [0.2, 0.25) is 6.29 Å². The number of hydrogen-bond donors (Lipinski definition) is 3. The second-order valence-corrected chi connectivity index (χ2v) is 8.64. The van der Waals surface area contributed by atoms with Crippen LogP contribution < -0.4 is 5.32 Å². The van der Waals surface area contributed by atoms with E-state index >= 15 is 0 Å². The molecule has 1 aliphatic heterocycles. The van der Waals surface area contributed by atoms with Crippen molar-refractivity contribution in [3.8, 4) is 0 Å². The van der Waals surface area contributed by atoms with Crippen LogP contribution in [0.1, 0.15) is 47.2 Å². The van der Waals surface area contributed by atoms with Crippen molar-refractivity contribution in [3.63, 3.8) is 0 Å². The molecule has 2 aromatic rings. The summed E-state index contributed by atoms with van der Waals surface area (Å²) in [7, 11) is 0. The van der Waals surface area contributed by atoms with Crippen LogP contribution in [0.3, 0.4) is 0 Å². The van der Waals surface area contributed by atoms with Crippen LogP contribution in [-0.4, -0.2) is 41.7 Å². The molecular weight excluding hydrogens is 402 g/mol. The average molecular weight is 430 g/mol. The maximum atomic E-state index is 13.0. The van der Waals surface area contributed by atoms with E-state index in [9.17, 15) is 9.90 Å². The largest absolute Gasteiger partial charge is 0.459 e. The van der Waals surface area contributed by atoms with Gasteiger partial charge in [0.1, 0.15) is 0 Å². The normalized spacial score (nSPS) is 25.3. The predicted octanol–water partition coefficient (Wildman–Crippen LogP) is 3.03. The van der Waals surface area contributed by atoms with E-state index in [1.165, 1.54) is 0 Å². The predicted molar refractivity (Wildman–Crippen MR) is 114 cm³/mol. The third-order valence-electron chi connectivity index (χ3n) is 5.54. The van der Waals surface area contributed by atoms with E-state index < -0.39 is 18.4 Å². The van der Waals surface area contributed by atoms with Crippen molar-refractivity contribution < 1.29 is 24.5 Å². The smallest absolute Gasteiger partial charge is 0.286 e. The number of nitrogens with one attached hydrogen (secondary N) is 1. The van der Waals surface area contributed by atoms with Crippen molar-refractivity contribution in [2.24, 2.45) is 0 Å². The molecule has 1 aliphatic carbocycles. The summed E-state index contributed by atoms with van der Waals surface area (Å²) in [6, 6.07) is 11.4. The number of aliphatic hydroxyl groups is 2. The Bertz CT molecular complexity index is 881. The molecule has 0 fully saturated rings. The first kappa shape index (κ1) is 21.1. The van der Waals surface area contributed by atoms with Crippen LogP contribution in [0.25, 0.3) is 0 Å². The summed E-state index contributed by atoms with van der Waals surface area (Å²) >= 11 is 1.64. The van der Waals surface area contributed by atoms with E-state index in [0.29, 0.717) is 25.9 Å². The quantitative estimate of drug-likeness (QED) is 0.562. The molecule has 0 radical (unpaired) electrons. The second kappa shape index (κ2) is 9.75. The van der Waals surface area contributed by atoms with Crippen molar-refractivity contribution in [1.29, 1.82) is 0 Å². The van der Waals surface area contributed by atoms with Crippen LogP contribution in [0.2, 0.25) is 0 Å². The Morgan fingerprint density at radius 2 is 2.10 bits per heavy atom. The lowest BCUT2D eigenvalue weighted by molar-refractivity contribution is -0.147.